The van der Waals surface area contributed by atoms with Gasteiger partial charge in [0.2, 0.25) is 0 Å². The predicted octanol–water partition coefficient (Wildman–Crippen LogP) is 1.18. The minimum Gasteiger partial charge on any atom is -0.478 e. The Hall–Kier alpha value is -2.21. The molecule has 0 aliphatic heterocycles. The van der Waals surface area contributed by atoms with Gasteiger partial charge in [-0.2, -0.15) is 0 Å². The van der Waals surface area contributed by atoms with Gasteiger partial charge in [0.05, 0.1) is 17.1 Å². The van der Waals surface area contributed by atoms with E-state index in [1.807, 2.05) is 0 Å². The Morgan fingerprint density at radius 3 is 2.69 bits per heavy atom. The van der Waals surface area contributed by atoms with Crippen molar-refractivity contribution in [3.63, 3.8) is 0 Å². The quantitative estimate of drug-likeness (QED) is 0.453. The first-order valence-electron chi connectivity index (χ1n) is 4.33. The molecular weight excluding hydrogens is 214 g/mol. The molecule has 16 heavy (non-hydrogen) atoms. The minimum atomic E-state index is -1.13. The molecule has 0 bridgehead atoms. The van der Waals surface area contributed by atoms with Crippen molar-refractivity contribution in [1.29, 1.82) is 0 Å². The van der Waals surface area contributed by atoms with Crippen LogP contribution in [0.4, 0.5) is 5.69 Å². The zero-order chi connectivity index (χ0) is 12.1. The molecule has 6 nitrogen and oxygen atoms in total. The summed E-state index contributed by atoms with van der Waals surface area (Å²) in [7, 11) is 0. The Morgan fingerprint density at radius 2 is 2.19 bits per heavy atom. The average molecular weight is 223 g/mol. The van der Waals surface area contributed by atoms with Crippen molar-refractivity contribution in [3.8, 4) is 0 Å². The number of aliphatic hydroxyl groups is 1. The second-order valence-electron chi connectivity index (χ2n) is 2.97. The number of carbonyl (C=O) groups is 1. The van der Waals surface area contributed by atoms with Crippen molar-refractivity contribution >= 4 is 17.7 Å². The van der Waals surface area contributed by atoms with Crippen LogP contribution < -0.4 is 0 Å². The molecule has 1 aromatic carbocycles. The predicted molar refractivity (Wildman–Crippen MR) is 55.7 cm³/mol. The fraction of sp³-hybridized carbons (Fsp3) is 0.100. The SMILES string of the molecule is O=C(O)C=Cc1ccc(CO)c([N+](=O)[O-])c1. The zero-order valence-corrected chi connectivity index (χ0v) is 8.16. The molecule has 0 heterocycles. The number of aliphatic carboxylic acids is 1. The number of nitrogens with zero attached hydrogens (tertiary/aromatic N) is 1. The maximum atomic E-state index is 10.6. The number of aliphatic hydroxyl groups excluding tert-OH is 1. The van der Waals surface area contributed by atoms with E-state index in [9.17, 15) is 14.9 Å². The molecule has 0 aliphatic rings. The summed E-state index contributed by atoms with van der Waals surface area (Å²) in [5, 5.41) is 27.9. The Balaban J connectivity index is 3.12. The lowest BCUT2D eigenvalue weighted by Crippen LogP contribution is -1.96. The van der Waals surface area contributed by atoms with Crippen molar-refractivity contribution in [1.82, 2.24) is 0 Å². The maximum Gasteiger partial charge on any atom is 0.328 e. The molecule has 6 heteroatoms. The van der Waals surface area contributed by atoms with Crippen molar-refractivity contribution in [3.05, 3.63) is 45.5 Å². The Kier molecular flexibility index (Phi) is 3.73. The summed E-state index contributed by atoms with van der Waals surface area (Å²) >= 11 is 0. The first kappa shape index (κ1) is 11.9. The van der Waals surface area contributed by atoms with Crippen molar-refractivity contribution in [2.45, 2.75) is 6.61 Å². The average Bonchev–Trinajstić information content (AvgIpc) is 2.25. The van der Waals surface area contributed by atoms with Crippen LogP contribution in [-0.2, 0) is 11.4 Å². The van der Waals surface area contributed by atoms with E-state index in [0.717, 1.165) is 6.08 Å². The normalized spacial score (nSPS) is 10.6. The monoisotopic (exact) mass is 223 g/mol. The molecule has 1 aromatic rings. The molecule has 0 spiro atoms. The molecule has 0 radical (unpaired) electrons. The Labute approximate surface area is 90.6 Å². The molecule has 0 saturated carbocycles. The lowest BCUT2D eigenvalue weighted by Gasteiger charge is -2.00. The number of hydrogen-bond donors (Lipinski definition) is 2. The number of rotatable bonds is 4. The molecule has 0 unspecified atom stereocenters. The Morgan fingerprint density at radius 1 is 1.50 bits per heavy atom. The van der Waals surface area contributed by atoms with Gasteiger partial charge >= 0.3 is 5.97 Å². The highest BCUT2D eigenvalue weighted by atomic mass is 16.6. The largest absolute Gasteiger partial charge is 0.478 e. The summed E-state index contributed by atoms with van der Waals surface area (Å²) < 4.78 is 0. The van der Waals surface area contributed by atoms with Crippen LogP contribution >= 0.6 is 0 Å². The summed E-state index contributed by atoms with van der Waals surface area (Å²) in [6.07, 6.45) is 2.13. The van der Waals surface area contributed by atoms with E-state index in [2.05, 4.69) is 0 Å². The van der Waals surface area contributed by atoms with Gasteiger partial charge in [-0.25, -0.2) is 4.79 Å². The van der Waals surface area contributed by atoms with Gasteiger partial charge < -0.3 is 10.2 Å². The lowest BCUT2D eigenvalue weighted by atomic mass is 10.1. The van der Waals surface area contributed by atoms with E-state index in [4.69, 9.17) is 10.2 Å². The van der Waals surface area contributed by atoms with E-state index >= 15 is 0 Å². The van der Waals surface area contributed by atoms with Gasteiger partial charge in [0, 0.05) is 12.1 Å². The van der Waals surface area contributed by atoms with E-state index in [0.29, 0.717) is 5.56 Å². The number of nitro groups is 1. The standard InChI is InChI=1S/C10H9NO5/c12-6-8-3-1-7(2-4-10(13)14)5-9(8)11(15)16/h1-5,12H,6H2,(H,13,14). The van der Waals surface area contributed by atoms with Gasteiger partial charge in [0.15, 0.2) is 0 Å². The fourth-order valence-electron chi connectivity index (χ4n) is 1.16. The van der Waals surface area contributed by atoms with E-state index in [1.165, 1.54) is 24.3 Å². The molecule has 0 fully saturated rings. The summed E-state index contributed by atoms with van der Waals surface area (Å²) in [6, 6.07) is 4.10. The smallest absolute Gasteiger partial charge is 0.328 e. The van der Waals surface area contributed by atoms with Crippen LogP contribution in [0, 0.1) is 10.1 Å². The van der Waals surface area contributed by atoms with Crippen LogP contribution in [-0.4, -0.2) is 21.1 Å². The van der Waals surface area contributed by atoms with Crippen LogP contribution in [0.5, 0.6) is 0 Å². The van der Waals surface area contributed by atoms with Crippen LogP contribution in [0.1, 0.15) is 11.1 Å². The molecule has 0 aliphatic carbocycles. The molecule has 1 rings (SSSR count). The molecule has 0 amide bonds. The highest BCUT2D eigenvalue weighted by Crippen LogP contribution is 2.20. The summed E-state index contributed by atoms with van der Waals surface area (Å²) in [4.78, 5) is 20.3. The Bertz CT molecular complexity index is 453. The second-order valence-corrected chi connectivity index (χ2v) is 2.97. The van der Waals surface area contributed by atoms with Crippen LogP contribution in [0.2, 0.25) is 0 Å². The maximum absolute atomic E-state index is 10.6. The molecular formula is C10H9NO5. The van der Waals surface area contributed by atoms with Gasteiger partial charge in [-0.05, 0) is 17.7 Å². The zero-order valence-electron chi connectivity index (χ0n) is 8.16. The summed E-state index contributed by atoms with van der Waals surface area (Å²) in [5.41, 5.74) is 0.360. The first-order valence-corrected chi connectivity index (χ1v) is 4.33. The van der Waals surface area contributed by atoms with Gasteiger partial charge in [0.25, 0.3) is 5.69 Å². The summed E-state index contributed by atoms with van der Waals surface area (Å²) in [6.45, 7) is -0.431. The van der Waals surface area contributed by atoms with Gasteiger partial charge in [0.1, 0.15) is 0 Å². The third-order valence-corrected chi connectivity index (χ3v) is 1.89. The lowest BCUT2D eigenvalue weighted by molar-refractivity contribution is -0.385. The number of benzene rings is 1. The van der Waals surface area contributed by atoms with Crippen LogP contribution in [0.3, 0.4) is 0 Å². The number of nitro benzene ring substituents is 1. The van der Waals surface area contributed by atoms with Crippen LogP contribution in [0.25, 0.3) is 6.08 Å². The van der Waals surface area contributed by atoms with Gasteiger partial charge in [-0.15, -0.1) is 0 Å². The molecule has 0 atom stereocenters. The second kappa shape index (κ2) is 5.04. The van der Waals surface area contributed by atoms with E-state index in [1.54, 1.807) is 0 Å². The minimum absolute atomic E-state index is 0.192. The van der Waals surface area contributed by atoms with Gasteiger partial charge in [-0.3, -0.25) is 10.1 Å². The molecule has 0 saturated heterocycles. The highest BCUT2D eigenvalue weighted by molar-refractivity contribution is 5.85. The third-order valence-electron chi connectivity index (χ3n) is 1.89. The van der Waals surface area contributed by atoms with E-state index < -0.39 is 17.5 Å². The van der Waals surface area contributed by atoms with Crippen molar-refractivity contribution in [2.75, 3.05) is 0 Å². The van der Waals surface area contributed by atoms with Gasteiger partial charge in [-0.1, -0.05) is 6.07 Å². The molecule has 0 aromatic heterocycles. The molecule has 2 N–H and O–H groups in total. The van der Waals surface area contributed by atoms with E-state index in [-0.39, 0.29) is 11.3 Å². The third kappa shape index (κ3) is 2.89. The van der Waals surface area contributed by atoms with Crippen molar-refractivity contribution in [2.24, 2.45) is 0 Å². The van der Waals surface area contributed by atoms with Crippen LogP contribution in [0.15, 0.2) is 24.3 Å². The number of hydrogen-bond acceptors (Lipinski definition) is 4. The number of carboxylic acid groups (broad SMARTS) is 1. The fourth-order valence-corrected chi connectivity index (χ4v) is 1.16. The molecule has 84 valence electrons. The summed E-state index contributed by atoms with van der Waals surface area (Å²) in [5.74, 6) is -1.13. The van der Waals surface area contributed by atoms with Crippen molar-refractivity contribution < 1.29 is 19.9 Å². The first-order chi connectivity index (χ1) is 7.54. The number of carboxylic acids is 1. The topological polar surface area (TPSA) is 101 Å². The highest BCUT2D eigenvalue weighted by Gasteiger charge is 2.12.